The van der Waals surface area contributed by atoms with E-state index >= 15 is 0 Å². The van der Waals surface area contributed by atoms with E-state index in [2.05, 4.69) is 5.32 Å². The minimum atomic E-state index is -1.14. The fraction of sp³-hybridized carbons (Fsp3) is 0.583. The van der Waals surface area contributed by atoms with Gasteiger partial charge in [-0.05, 0) is 19.9 Å². The predicted octanol–water partition coefficient (Wildman–Crippen LogP) is 0.455. The third kappa shape index (κ3) is 3.07. The van der Waals surface area contributed by atoms with Gasteiger partial charge in [0.05, 0.1) is 28.4 Å². The van der Waals surface area contributed by atoms with Crippen LogP contribution in [0.1, 0.15) is 13.8 Å². The highest BCUT2D eigenvalue weighted by Crippen LogP contribution is 2.23. The molecule has 0 bridgehead atoms. The van der Waals surface area contributed by atoms with Gasteiger partial charge in [-0.2, -0.15) is 0 Å². The van der Waals surface area contributed by atoms with Crippen molar-refractivity contribution in [2.24, 2.45) is 0 Å². The highest BCUT2D eigenvalue weighted by molar-refractivity contribution is 7.88. The van der Waals surface area contributed by atoms with E-state index < -0.39 is 17.0 Å². The van der Waals surface area contributed by atoms with Gasteiger partial charge in [0.2, 0.25) is 0 Å². The monoisotopic (exact) mass is 271 g/mol. The van der Waals surface area contributed by atoms with E-state index in [0.29, 0.717) is 17.1 Å². The molecule has 2 heterocycles. The third-order valence-electron chi connectivity index (χ3n) is 2.61. The zero-order valence-corrected chi connectivity index (χ0v) is 11.5. The zero-order chi connectivity index (χ0) is 13.3. The second kappa shape index (κ2) is 5.34. The van der Waals surface area contributed by atoms with Gasteiger partial charge in [-0.3, -0.25) is 9.00 Å². The molecule has 0 saturated carbocycles. The number of rotatable bonds is 5. The Labute approximate surface area is 109 Å². The van der Waals surface area contributed by atoms with Crippen molar-refractivity contribution in [3.63, 3.8) is 0 Å². The molecule has 2 aliphatic heterocycles. The van der Waals surface area contributed by atoms with E-state index in [0.717, 1.165) is 0 Å². The van der Waals surface area contributed by atoms with Crippen molar-refractivity contribution >= 4 is 16.6 Å². The molecule has 0 spiro atoms. The molecule has 6 heteroatoms. The zero-order valence-electron chi connectivity index (χ0n) is 10.6. The molecule has 100 valence electrons. The number of carbonyl (C=O) groups excluding carboxylic acids is 1. The molecule has 18 heavy (non-hydrogen) atoms. The Morgan fingerprint density at radius 3 is 2.78 bits per heavy atom. The van der Waals surface area contributed by atoms with Gasteiger partial charge in [0, 0.05) is 18.0 Å². The number of nitrogens with one attached hydrogen (secondary N) is 1. The van der Waals surface area contributed by atoms with Crippen molar-refractivity contribution in [1.29, 1.82) is 0 Å². The summed E-state index contributed by atoms with van der Waals surface area (Å²) in [7, 11) is -1.14. The van der Waals surface area contributed by atoms with Gasteiger partial charge < -0.3 is 14.8 Å². The lowest BCUT2D eigenvalue weighted by Crippen LogP contribution is -2.38. The molecule has 1 N–H and O–H groups in total. The van der Waals surface area contributed by atoms with Crippen molar-refractivity contribution in [3.8, 4) is 0 Å². The van der Waals surface area contributed by atoms with E-state index in [9.17, 15) is 9.00 Å². The van der Waals surface area contributed by atoms with Crippen LogP contribution in [0.4, 0.5) is 0 Å². The average molecular weight is 271 g/mol. The smallest absolute Gasteiger partial charge is 0.194 e. The van der Waals surface area contributed by atoms with Gasteiger partial charge in [-0.25, -0.2) is 0 Å². The van der Waals surface area contributed by atoms with Crippen LogP contribution >= 0.6 is 0 Å². The summed E-state index contributed by atoms with van der Waals surface area (Å²) in [4.78, 5) is 12.7. The number of Topliss-reactive ketones (excluding diaryl/α,β-unsaturated/α-hetero) is 1. The molecule has 5 nitrogen and oxygen atoms in total. The Morgan fingerprint density at radius 2 is 2.28 bits per heavy atom. The minimum Gasteiger partial charge on any atom is -0.364 e. The number of ketones is 1. The highest BCUT2D eigenvalue weighted by Gasteiger charge is 2.37. The summed E-state index contributed by atoms with van der Waals surface area (Å²) in [6, 6.07) is 0. The first kappa shape index (κ1) is 13.5. The van der Waals surface area contributed by atoms with E-state index in [1.807, 2.05) is 13.8 Å². The van der Waals surface area contributed by atoms with Crippen molar-refractivity contribution in [2.45, 2.75) is 32.3 Å². The second-order valence-electron chi connectivity index (χ2n) is 4.52. The lowest BCUT2D eigenvalue weighted by Gasteiger charge is -2.26. The highest BCUT2D eigenvalue weighted by atomic mass is 32.2. The summed E-state index contributed by atoms with van der Waals surface area (Å²) in [5, 5.41) is 2.97. The van der Waals surface area contributed by atoms with E-state index in [4.69, 9.17) is 9.47 Å². The van der Waals surface area contributed by atoms with E-state index in [-0.39, 0.29) is 18.0 Å². The first-order valence-corrected chi connectivity index (χ1v) is 7.37. The lowest BCUT2D eigenvalue weighted by molar-refractivity contribution is -0.118. The van der Waals surface area contributed by atoms with Gasteiger partial charge in [-0.1, -0.05) is 0 Å². The number of hydrogen-bond acceptors (Lipinski definition) is 5. The van der Waals surface area contributed by atoms with Gasteiger partial charge in [0.25, 0.3) is 0 Å². The van der Waals surface area contributed by atoms with Crippen LogP contribution in [0.25, 0.3) is 0 Å². The van der Waals surface area contributed by atoms with Gasteiger partial charge >= 0.3 is 0 Å². The first-order chi connectivity index (χ1) is 8.49. The molecule has 0 aliphatic carbocycles. The Morgan fingerprint density at radius 1 is 1.61 bits per heavy atom. The standard InChI is InChI=1S/C12H17NO4S/c1-7(2)17-12-9(11(14)10-6-16-10)4-8(5-13-12)18(3)15/h4-5,7,10,12-13H,6H2,1-3H3/t10?,12?,18-/m1/s1. The number of carbonyl (C=O) groups is 1. The van der Waals surface area contributed by atoms with Crippen molar-refractivity contribution < 1.29 is 18.5 Å². The van der Waals surface area contributed by atoms with Crippen LogP contribution < -0.4 is 5.32 Å². The molecule has 2 rings (SSSR count). The van der Waals surface area contributed by atoms with Crippen LogP contribution in [0.3, 0.4) is 0 Å². The topological polar surface area (TPSA) is 67.9 Å². The molecule has 2 aliphatic rings. The number of hydrogen-bond donors (Lipinski definition) is 1. The maximum Gasteiger partial charge on any atom is 0.194 e. The van der Waals surface area contributed by atoms with Gasteiger partial charge in [0.1, 0.15) is 6.10 Å². The quantitative estimate of drug-likeness (QED) is 0.736. The molecule has 1 saturated heterocycles. The molecular formula is C12H17NO4S. The summed E-state index contributed by atoms with van der Waals surface area (Å²) < 4.78 is 22.1. The molecular weight excluding hydrogens is 254 g/mol. The molecule has 1 fully saturated rings. The number of ether oxygens (including phenoxy) is 2. The molecule has 0 aromatic rings. The van der Waals surface area contributed by atoms with Crippen LogP contribution in [0.2, 0.25) is 0 Å². The largest absolute Gasteiger partial charge is 0.364 e. The minimum absolute atomic E-state index is 0.0131. The molecule has 3 atom stereocenters. The molecule has 0 radical (unpaired) electrons. The van der Waals surface area contributed by atoms with E-state index in [1.54, 1.807) is 18.5 Å². The summed E-state index contributed by atoms with van der Waals surface area (Å²) in [6.45, 7) is 4.25. The Kier molecular flexibility index (Phi) is 3.99. The SMILES string of the molecule is CC(C)OC1NC=C([S@@](C)=O)C=C1C(=O)C1CO1. The fourth-order valence-electron chi connectivity index (χ4n) is 1.65. The Bertz CT molecular complexity index is 437. The number of allylic oxidation sites excluding steroid dienone is 1. The third-order valence-corrected chi connectivity index (χ3v) is 3.51. The average Bonchev–Trinajstić information content (AvgIpc) is 3.11. The maximum absolute atomic E-state index is 12.1. The molecule has 2 unspecified atom stereocenters. The maximum atomic E-state index is 12.1. The van der Waals surface area contributed by atoms with E-state index in [1.165, 1.54) is 0 Å². The molecule has 0 amide bonds. The van der Waals surface area contributed by atoms with Crippen LogP contribution in [0, 0.1) is 0 Å². The Hall–Kier alpha value is -0.980. The van der Waals surface area contributed by atoms with Gasteiger partial charge in [-0.15, -0.1) is 0 Å². The first-order valence-electron chi connectivity index (χ1n) is 5.81. The summed E-state index contributed by atoms with van der Waals surface area (Å²) >= 11 is 0. The number of dihydropyridines is 1. The summed E-state index contributed by atoms with van der Waals surface area (Å²) in [5.74, 6) is -0.0933. The summed E-state index contributed by atoms with van der Waals surface area (Å²) in [5.41, 5.74) is 0.485. The normalized spacial score (nSPS) is 28.2. The van der Waals surface area contributed by atoms with Crippen molar-refractivity contribution in [3.05, 3.63) is 22.8 Å². The fourth-order valence-corrected chi connectivity index (χ4v) is 2.18. The van der Waals surface area contributed by atoms with Crippen LogP contribution in [0.15, 0.2) is 22.8 Å². The predicted molar refractivity (Wildman–Crippen MR) is 68.1 cm³/mol. The van der Waals surface area contributed by atoms with Crippen LogP contribution in [-0.4, -0.2) is 41.3 Å². The Balaban J connectivity index is 2.21. The van der Waals surface area contributed by atoms with Gasteiger partial charge in [0.15, 0.2) is 12.0 Å². The second-order valence-corrected chi connectivity index (χ2v) is 5.90. The number of epoxide rings is 1. The molecule has 0 aromatic carbocycles. The summed E-state index contributed by atoms with van der Waals surface area (Å²) in [6.07, 6.45) is 3.98. The van der Waals surface area contributed by atoms with Crippen LogP contribution in [0.5, 0.6) is 0 Å². The molecule has 0 aromatic heterocycles. The lowest BCUT2D eigenvalue weighted by atomic mass is 10.1. The van der Waals surface area contributed by atoms with Crippen LogP contribution in [-0.2, 0) is 25.1 Å². The van der Waals surface area contributed by atoms with Crippen molar-refractivity contribution in [1.82, 2.24) is 5.32 Å². The van der Waals surface area contributed by atoms with Crippen molar-refractivity contribution in [2.75, 3.05) is 12.9 Å².